The van der Waals surface area contributed by atoms with Gasteiger partial charge in [0, 0.05) is 24.8 Å². The molecule has 0 aliphatic heterocycles. The quantitative estimate of drug-likeness (QED) is 0.420. The summed E-state index contributed by atoms with van der Waals surface area (Å²) in [4.78, 5) is 0.279. The molecule has 1 aromatic carbocycles. The van der Waals surface area contributed by atoms with Gasteiger partial charge in [0.15, 0.2) is 5.16 Å². The van der Waals surface area contributed by atoms with E-state index in [2.05, 4.69) is 26.1 Å². The summed E-state index contributed by atoms with van der Waals surface area (Å²) in [6, 6.07) is 8.37. The molecule has 1 aromatic heterocycles. The number of thioether (sulfide) groups is 1. The monoisotopic (exact) mass is 364 g/mol. The molecular formula is C16H20N4O2S2. The van der Waals surface area contributed by atoms with Crippen LogP contribution in [0, 0.1) is 0 Å². The molecule has 8 heteroatoms. The molecule has 1 aliphatic carbocycles. The van der Waals surface area contributed by atoms with Gasteiger partial charge in [0.2, 0.25) is 10.0 Å². The average molecular weight is 364 g/mol. The molecule has 1 saturated carbocycles. The van der Waals surface area contributed by atoms with Gasteiger partial charge in [0.1, 0.15) is 5.82 Å². The highest BCUT2D eigenvalue weighted by molar-refractivity contribution is 7.99. The molecule has 0 spiro atoms. The second-order valence-corrected chi connectivity index (χ2v) is 8.40. The first-order valence-electron chi connectivity index (χ1n) is 7.83. The summed E-state index contributed by atoms with van der Waals surface area (Å²) in [7, 11) is -3.46. The normalized spacial score (nSPS) is 14.7. The first kappa shape index (κ1) is 17.2. The molecule has 0 saturated heterocycles. The Bertz CT molecular complexity index is 799. The Hall–Kier alpha value is -1.64. The second-order valence-electron chi connectivity index (χ2n) is 5.57. The molecule has 0 amide bonds. The molecule has 1 fully saturated rings. The number of allylic oxidation sites excluding steroid dienone is 1. The van der Waals surface area contributed by atoms with Gasteiger partial charge in [-0.2, -0.15) is 0 Å². The van der Waals surface area contributed by atoms with E-state index >= 15 is 0 Å². The molecule has 1 heterocycles. The number of sulfonamides is 1. The Morgan fingerprint density at radius 3 is 2.71 bits per heavy atom. The van der Waals surface area contributed by atoms with Crippen LogP contribution in [0.5, 0.6) is 0 Å². The molecule has 1 aliphatic rings. The maximum absolute atomic E-state index is 12.1. The number of aromatic nitrogens is 3. The predicted molar refractivity (Wildman–Crippen MR) is 94.5 cm³/mol. The largest absolute Gasteiger partial charge is 0.302 e. The summed E-state index contributed by atoms with van der Waals surface area (Å²) in [5.74, 6) is 2.12. The van der Waals surface area contributed by atoms with Crippen molar-refractivity contribution >= 4 is 21.8 Å². The molecule has 0 radical (unpaired) electrons. The van der Waals surface area contributed by atoms with Gasteiger partial charge >= 0.3 is 0 Å². The van der Waals surface area contributed by atoms with E-state index in [0.717, 1.165) is 23.8 Å². The Morgan fingerprint density at radius 1 is 1.29 bits per heavy atom. The number of nitrogens with zero attached hydrogens (tertiary/aromatic N) is 3. The van der Waals surface area contributed by atoms with E-state index in [9.17, 15) is 8.42 Å². The van der Waals surface area contributed by atoms with Crippen molar-refractivity contribution in [2.75, 3.05) is 12.3 Å². The lowest BCUT2D eigenvalue weighted by molar-refractivity contribution is 0.584. The van der Waals surface area contributed by atoms with E-state index < -0.39 is 10.0 Å². The third kappa shape index (κ3) is 4.06. The van der Waals surface area contributed by atoms with E-state index in [-0.39, 0.29) is 4.90 Å². The Morgan fingerprint density at radius 2 is 2.04 bits per heavy atom. The highest BCUT2D eigenvalue weighted by Gasteiger charge is 2.30. The van der Waals surface area contributed by atoms with Gasteiger partial charge in [-0.3, -0.25) is 0 Å². The van der Waals surface area contributed by atoms with E-state index in [1.54, 1.807) is 30.3 Å². The second kappa shape index (κ2) is 7.50. The summed E-state index contributed by atoms with van der Waals surface area (Å²) >= 11 is 1.50. The van der Waals surface area contributed by atoms with Crippen molar-refractivity contribution in [1.29, 1.82) is 0 Å². The van der Waals surface area contributed by atoms with Crippen LogP contribution in [-0.4, -0.2) is 35.5 Å². The molecule has 0 bridgehead atoms. The van der Waals surface area contributed by atoms with Crippen LogP contribution in [0.3, 0.4) is 0 Å². The minimum atomic E-state index is -3.46. The first-order chi connectivity index (χ1) is 11.6. The van der Waals surface area contributed by atoms with Crippen LogP contribution in [0.2, 0.25) is 0 Å². The van der Waals surface area contributed by atoms with Crippen molar-refractivity contribution in [3.8, 4) is 0 Å². The molecule has 6 nitrogen and oxygen atoms in total. The third-order valence-corrected chi connectivity index (χ3v) is 6.12. The molecule has 0 atom stereocenters. The van der Waals surface area contributed by atoms with E-state index in [1.165, 1.54) is 11.8 Å². The van der Waals surface area contributed by atoms with Crippen LogP contribution < -0.4 is 4.72 Å². The molecule has 128 valence electrons. The minimum Gasteiger partial charge on any atom is -0.302 e. The lowest BCUT2D eigenvalue weighted by Crippen LogP contribution is -2.26. The topological polar surface area (TPSA) is 76.9 Å². The van der Waals surface area contributed by atoms with Crippen molar-refractivity contribution < 1.29 is 8.42 Å². The zero-order valence-corrected chi connectivity index (χ0v) is 14.9. The third-order valence-electron chi connectivity index (χ3n) is 3.68. The summed E-state index contributed by atoms with van der Waals surface area (Å²) in [6.45, 7) is 4.79. The van der Waals surface area contributed by atoms with Crippen molar-refractivity contribution in [3.05, 3.63) is 48.8 Å². The summed E-state index contributed by atoms with van der Waals surface area (Å²) < 4.78 is 29.0. The van der Waals surface area contributed by atoms with Crippen LogP contribution in [-0.2, 0) is 16.6 Å². The fraction of sp³-hybridized carbons (Fsp3) is 0.375. The maximum Gasteiger partial charge on any atom is 0.240 e. The smallest absolute Gasteiger partial charge is 0.240 e. The fourth-order valence-corrected chi connectivity index (χ4v) is 4.34. The van der Waals surface area contributed by atoms with Gasteiger partial charge in [-0.05, 0) is 25.0 Å². The SMILES string of the molecule is C=CCn1c(SCCNS(=O)(=O)c2ccccc2)nnc1C1CC1. The predicted octanol–water partition coefficient (Wildman–Crippen LogP) is 2.41. The Kier molecular flexibility index (Phi) is 5.37. The molecule has 2 aromatic rings. The molecule has 0 unspecified atom stereocenters. The van der Waals surface area contributed by atoms with Crippen LogP contribution in [0.15, 0.2) is 53.0 Å². The van der Waals surface area contributed by atoms with Crippen molar-refractivity contribution in [2.45, 2.75) is 35.4 Å². The number of benzene rings is 1. The van der Waals surface area contributed by atoms with Gasteiger partial charge < -0.3 is 4.57 Å². The Balaban J connectivity index is 1.56. The lowest BCUT2D eigenvalue weighted by atomic mass is 10.4. The lowest BCUT2D eigenvalue weighted by Gasteiger charge is -2.08. The summed E-state index contributed by atoms with van der Waals surface area (Å²) in [5, 5.41) is 9.33. The molecular weight excluding hydrogens is 344 g/mol. The van der Waals surface area contributed by atoms with Gasteiger partial charge in [-0.15, -0.1) is 16.8 Å². The molecule has 24 heavy (non-hydrogen) atoms. The van der Waals surface area contributed by atoms with Crippen LogP contribution in [0.1, 0.15) is 24.6 Å². The molecule has 3 rings (SSSR count). The van der Waals surface area contributed by atoms with Gasteiger partial charge in [0.25, 0.3) is 0 Å². The van der Waals surface area contributed by atoms with Crippen LogP contribution >= 0.6 is 11.8 Å². The summed E-state index contributed by atoms with van der Waals surface area (Å²) in [6.07, 6.45) is 4.16. The zero-order chi connectivity index (χ0) is 17.0. The number of hydrogen-bond donors (Lipinski definition) is 1. The molecule has 1 N–H and O–H groups in total. The summed E-state index contributed by atoms with van der Waals surface area (Å²) in [5.41, 5.74) is 0. The minimum absolute atomic E-state index is 0.279. The zero-order valence-electron chi connectivity index (χ0n) is 13.3. The van der Waals surface area contributed by atoms with Crippen molar-refractivity contribution in [1.82, 2.24) is 19.5 Å². The van der Waals surface area contributed by atoms with Crippen LogP contribution in [0.25, 0.3) is 0 Å². The van der Waals surface area contributed by atoms with Gasteiger partial charge in [-0.25, -0.2) is 13.1 Å². The standard InChI is InChI=1S/C16H20N4O2S2/c1-2-11-20-15(13-8-9-13)18-19-16(20)23-12-10-17-24(21,22)14-6-4-3-5-7-14/h2-7,13,17H,1,8-12H2. The number of rotatable bonds is 9. The average Bonchev–Trinajstić information content (AvgIpc) is 3.35. The van der Waals surface area contributed by atoms with E-state index in [0.29, 0.717) is 24.8 Å². The van der Waals surface area contributed by atoms with Crippen molar-refractivity contribution in [3.63, 3.8) is 0 Å². The van der Waals surface area contributed by atoms with Gasteiger partial charge in [0.05, 0.1) is 4.90 Å². The van der Waals surface area contributed by atoms with E-state index in [1.807, 2.05) is 6.08 Å². The number of nitrogens with one attached hydrogen (secondary N) is 1. The van der Waals surface area contributed by atoms with Crippen LogP contribution in [0.4, 0.5) is 0 Å². The fourth-order valence-electron chi connectivity index (χ4n) is 2.35. The van der Waals surface area contributed by atoms with Gasteiger partial charge in [-0.1, -0.05) is 36.0 Å². The maximum atomic E-state index is 12.1. The Labute approximate surface area is 146 Å². The number of hydrogen-bond acceptors (Lipinski definition) is 5. The first-order valence-corrected chi connectivity index (χ1v) is 10.3. The van der Waals surface area contributed by atoms with Crippen molar-refractivity contribution in [2.24, 2.45) is 0 Å². The van der Waals surface area contributed by atoms with E-state index in [4.69, 9.17) is 0 Å². The highest BCUT2D eigenvalue weighted by atomic mass is 32.2. The highest BCUT2D eigenvalue weighted by Crippen LogP contribution is 2.39.